The number of carbonyl (C=O) groups excluding carboxylic acids is 1. The van der Waals surface area contributed by atoms with E-state index in [2.05, 4.69) is 10.6 Å². The standard InChI is InChI=1S/C10H19FN2O2/c1-9(2,3)15-8(14)13-7-10(11)4-5-12-6-10/h12H,4-7H2,1-3H3,(H,13,14). The molecule has 88 valence electrons. The summed E-state index contributed by atoms with van der Waals surface area (Å²) in [4.78, 5) is 11.2. The molecule has 0 aliphatic carbocycles. The SMILES string of the molecule is CC(C)(C)OC(=O)NCC1(F)CCNC1. The van der Waals surface area contributed by atoms with Crippen LogP contribution in [0.15, 0.2) is 0 Å². The third kappa shape index (κ3) is 4.46. The zero-order valence-corrected chi connectivity index (χ0v) is 9.52. The molecule has 0 bridgehead atoms. The highest BCUT2D eigenvalue weighted by molar-refractivity contribution is 5.67. The van der Waals surface area contributed by atoms with Crippen molar-refractivity contribution in [2.75, 3.05) is 19.6 Å². The third-order valence-corrected chi connectivity index (χ3v) is 2.14. The van der Waals surface area contributed by atoms with Gasteiger partial charge in [0.1, 0.15) is 11.3 Å². The Morgan fingerprint density at radius 2 is 2.27 bits per heavy atom. The molecule has 4 nitrogen and oxygen atoms in total. The van der Waals surface area contributed by atoms with Gasteiger partial charge in [0, 0.05) is 6.54 Å². The van der Waals surface area contributed by atoms with Gasteiger partial charge in [-0.3, -0.25) is 0 Å². The molecule has 0 aromatic carbocycles. The van der Waals surface area contributed by atoms with Crippen LogP contribution in [-0.4, -0.2) is 37.0 Å². The number of rotatable bonds is 2. The maximum Gasteiger partial charge on any atom is 0.407 e. The van der Waals surface area contributed by atoms with Gasteiger partial charge in [-0.1, -0.05) is 0 Å². The summed E-state index contributed by atoms with van der Waals surface area (Å²) in [6.45, 7) is 6.28. The average Bonchev–Trinajstić information content (AvgIpc) is 2.47. The Hall–Kier alpha value is -0.840. The van der Waals surface area contributed by atoms with Crippen molar-refractivity contribution in [3.63, 3.8) is 0 Å². The Morgan fingerprint density at radius 3 is 2.73 bits per heavy atom. The molecular weight excluding hydrogens is 199 g/mol. The van der Waals surface area contributed by atoms with Crippen molar-refractivity contribution in [3.05, 3.63) is 0 Å². The molecule has 5 heteroatoms. The van der Waals surface area contributed by atoms with E-state index in [4.69, 9.17) is 4.74 Å². The predicted molar refractivity (Wildman–Crippen MR) is 55.6 cm³/mol. The van der Waals surface area contributed by atoms with Crippen LogP contribution in [-0.2, 0) is 4.74 Å². The van der Waals surface area contributed by atoms with Crippen molar-refractivity contribution in [1.82, 2.24) is 10.6 Å². The lowest BCUT2D eigenvalue weighted by atomic mass is 10.1. The van der Waals surface area contributed by atoms with Gasteiger partial charge in [-0.05, 0) is 33.7 Å². The number of halogens is 1. The number of amides is 1. The predicted octanol–water partition coefficient (Wildman–Crippen LogP) is 1.21. The van der Waals surface area contributed by atoms with Crippen LogP contribution in [0.5, 0.6) is 0 Å². The molecule has 0 aromatic rings. The second kappa shape index (κ2) is 4.35. The molecule has 1 fully saturated rings. The first kappa shape index (κ1) is 12.2. The third-order valence-electron chi connectivity index (χ3n) is 2.14. The van der Waals surface area contributed by atoms with E-state index in [1.54, 1.807) is 20.8 Å². The summed E-state index contributed by atoms with van der Waals surface area (Å²) in [5, 5.41) is 5.36. The summed E-state index contributed by atoms with van der Waals surface area (Å²) in [6.07, 6.45) is -0.130. The largest absolute Gasteiger partial charge is 0.444 e. The molecule has 1 rings (SSSR count). The van der Waals surface area contributed by atoms with Crippen molar-refractivity contribution < 1.29 is 13.9 Å². The highest BCUT2D eigenvalue weighted by Gasteiger charge is 2.34. The van der Waals surface area contributed by atoms with E-state index in [0.29, 0.717) is 19.5 Å². The highest BCUT2D eigenvalue weighted by Crippen LogP contribution is 2.18. The molecule has 1 saturated heterocycles. The summed E-state index contributed by atoms with van der Waals surface area (Å²) in [5.74, 6) is 0. The molecule has 0 spiro atoms. The number of carbonyl (C=O) groups is 1. The molecule has 0 aromatic heterocycles. The maximum absolute atomic E-state index is 13.8. The van der Waals surface area contributed by atoms with Crippen LogP contribution in [0.25, 0.3) is 0 Å². The first-order valence-corrected chi connectivity index (χ1v) is 5.17. The van der Waals surface area contributed by atoms with Gasteiger partial charge in [0.05, 0.1) is 6.54 Å². The smallest absolute Gasteiger partial charge is 0.407 e. The van der Waals surface area contributed by atoms with Crippen LogP contribution >= 0.6 is 0 Å². The number of nitrogens with one attached hydrogen (secondary N) is 2. The van der Waals surface area contributed by atoms with Crippen molar-refractivity contribution in [1.29, 1.82) is 0 Å². The van der Waals surface area contributed by atoms with Gasteiger partial charge in [0.25, 0.3) is 0 Å². The molecule has 0 saturated carbocycles. The van der Waals surface area contributed by atoms with Gasteiger partial charge in [-0.2, -0.15) is 0 Å². The fraction of sp³-hybridized carbons (Fsp3) is 0.900. The Morgan fingerprint density at radius 1 is 1.60 bits per heavy atom. The topological polar surface area (TPSA) is 50.4 Å². The number of hydrogen-bond acceptors (Lipinski definition) is 3. The fourth-order valence-electron chi connectivity index (χ4n) is 1.41. The minimum absolute atomic E-state index is 0.00884. The van der Waals surface area contributed by atoms with Gasteiger partial charge in [0.15, 0.2) is 0 Å². The molecule has 1 atom stereocenters. The van der Waals surface area contributed by atoms with Crippen molar-refractivity contribution >= 4 is 6.09 Å². The molecule has 1 heterocycles. The van der Waals surface area contributed by atoms with Crippen LogP contribution in [0.3, 0.4) is 0 Å². The van der Waals surface area contributed by atoms with E-state index in [-0.39, 0.29) is 6.54 Å². The van der Waals surface area contributed by atoms with Gasteiger partial charge in [-0.15, -0.1) is 0 Å². The monoisotopic (exact) mass is 218 g/mol. The van der Waals surface area contributed by atoms with E-state index < -0.39 is 17.4 Å². The summed E-state index contributed by atoms with van der Waals surface area (Å²) in [5.41, 5.74) is -1.86. The minimum atomic E-state index is -1.32. The minimum Gasteiger partial charge on any atom is -0.444 e. The Kier molecular flexibility index (Phi) is 3.54. The zero-order chi connectivity index (χ0) is 11.5. The Bertz CT molecular complexity index is 232. The Labute approximate surface area is 89.6 Å². The van der Waals surface area contributed by atoms with Crippen LogP contribution in [0.2, 0.25) is 0 Å². The second-order valence-corrected chi connectivity index (χ2v) is 4.93. The molecular formula is C10H19FN2O2. The van der Waals surface area contributed by atoms with Crippen LogP contribution < -0.4 is 10.6 Å². The molecule has 0 radical (unpaired) electrons. The number of alkyl carbamates (subject to hydrolysis) is 1. The van der Waals surface area contributed by atoms with Crippen molar-refractivity contribution in [3.8, 4) is 0 Å². The van der Waals surface area contributed by atoms with E-state index in [0.717, 1.165) is 0 Å². The van der Waals surface area contributed by atoms with Crippen molar-refractivity contribution in [2.24, 2.45) is 0 Å². The molecule has 1 aliphatic rings. The number of alkyl halides is 1. The highest BCUT2D eigenvalue weighted by atomic mass is 19.1. The molecule has 1 amide bonds. The Balaban J connectivity index is 2.28. The molecule has 2 N–H and O–H groups in total. The lowest BCUT2D eigenvalue weighted by molar-refractivity contribution is 0.0485. The van der Waals surface area contributed by atoms with Gasteiger partial charge >= 0.3 is 6.09 Å². The fourth-order valence-corrected chi connectivity index (χ4v) is 1.41. The number of ether oxygens (including phenoxy) is 1. The summed E-state index contributed by atoms with van der Waals surface area (Å²) < 4.78 is 18.8. The maximum atomic E-state index is 13.8. The van der Waals surface area contributed by atoms with Crippen LogP contribution in [0, 0.1) is 0 Å². The van der Waals surface area contributed by atoms with Gasteiger partial charge in [0.2, 0.25) is 0 Å². The first-order chi connectivity index (χ1) is 6.81. The zero-order valence-electron chi connectivity index (χ0n) is 9.52. The van der Waals surface area contributed by atoms with E-state index in [1.165, 1.54) is 0 Å². The second-order valence-electron chi connectivity index (χ2n) is 4.93. The first-order valence-electron chi connectivity index (χ1n) is 5.17. The van der Waals surface area contributed by atoms with Crippen molar-refractivity contribution in [2.45, 2.75) is 38.5 Å². The van der Waals surface area contributed by atoms with E-state index in [9.17, 15) is 9.18 Å². The van der Waals surface area contributed by atoms with Gasteiger partial charge in [-0.25, -0.2) is 9.18 Å². The molecule has 1 unspecified atom stereocenters. The molecule has 15 heavy (non-hydrogen) atoms. The van der Waals surface area contributed by atoms with E-state index in [1.807, 2.05) is 0 Å². The van der Waals surface area contributed by atoms with Crippen LogP contribution in [0.4, 0.5) is 9.18 Å². The lowest BCUT2D eigenvalue weighted by Crippen LogP contribution is -2.43. The van der Waals surface area contributed by atoms with E-state index >= 15 is 0 Å². The average molecular weight is 218 g/mol. The normalized spacial score (nSPS) is 26.4. The summed E-state index contributed by atoms with van der Waals surface area (Å²) >= 11 is 0. The van der Waals surface area contributed by atoms with Crippen LogP contribution in [0.1, 0.15) is 27.2 Å². The summed E-state index contributed by atoms with van der Waals surface area (Å²) in [7, 11) is 0. The number of hydrogen-bond donors (Lipinski definition) is 2. The summed E-state index contributed by atoms with van der Waals surface area (Å²) in [6, 6.07) is 0. The van der Waals surface area contributed by atoms with Gasteiger partial charge < -0.3 is 15.4 Å². The lowest BCUT2D eigenvalue weighted by Gasteiger charge is -2.22. The molecule has 1 aliphatic heterocycles. The quantitative estimate of drug-likeness (QED) is 0.732.